The molecule has 0 aliphatic rings. The first-order chi connectivity index (χ1) is 9.11. The highest BCUT2D eigenvalue weighted by Gasteiger charge is 2.17. The normalized spacial score (nSPS) is 12.4. The first kappa shape index (κ1) is 13.6. The molecular formula is C15H14F3N. The van der Waals surface area contributed by atoms with Crippen LogP contribution in [0.3, 0.4) is 0 Å². The van der Waals surface area contributed by atoms with Gasteiger partial charge in [0.2, 0.25) is 0 Å². The zero-order valence-electron chi connectivity index (χ0n) is 10.5. The Kier molecular flexibility index (Phi) is 4.22. The number of hydrogen-bond donors (Lipinski definition) is 1. The van der Waals surface area contributed by atoms with E-state index < -0.39 is 11.6 Å². The second-order valence-electron chi connectivity index (χ2n) is 4.31. The average molecular weight is 265 g/mol. The van der Waals surface area contributed by atoms with Crippen molar-refractivity contribution in [3.05, 3.63) is 71.0 Å². The third-order valence-corrected chi connectivity index (χ3v) is 3.06. The first-order valence-corrected chi connectivity index (χ1v) is 5.97. The number of halogens is 3. The fourth-order valence-corrected chi connectivity index (χ4v) is 2.01. The van der Waals surface area contributed by atoms with E-state index in [1.807, 2.05) is 0 Å². The van der Waals surface area contributed by atoms with Crippen molar-refractivity contribution < 1.29 is 13.2 Å². The van der Waals surface area contributed by atoms with Gasteiger partial charge in [-0.1, -0.05) is 24.3 Å². The van der Waals surface area contributed by atoms with Gasteiger partial charge in [0.1, 0.15) is 5.82 Å². The molecule has 0 radical (unpaired) electrons. The molecule has 0 bridgehead atoms. The maximum absolute atomic E-state index is 13.7. The molecule has 0 aromatic heterocycles. The fraction of sp³-hybridized carbons (Fsp3) is 0.200. The average Bonchev–Trinajstić information content (AvgIpc) is 2.42. The molecule has 0 fully saturated rings. The van der Waals surface area contributed by atoms with Crippen LogP contribution in [-0.4, -0.2) is 7.05 Å². The first-order valence-electron chi connectivity index (χ1n) is 5.97. The number of nitrogens with one attached hydrogen (secondary N) is 1. The Bertz CT molecular complexity index is 552. The van der Waals surface area contributed by atoms with Crippen molar-refractivity contribution in [2.75, 3.05) is 7.05 Å². The molecule has 100 valence electrons. The maximum Gasteiger partial charge on any atom is 0.163 e. The number of hydrogen-bond acceptors (Lipinski definition) is 1. The van der Waals surface area contributed by atoms with Gasteiger partial charge in [-0.2, -0.15) is 0 Å². The predicted octanol–water partition coefficient (Wildman–Crippen LogP) is 3.61. The maximum atomic E-state index is 13.7. The van der Waals surface area contributed by atoms with E-state index in [-0.39, 0.29) is 17.4 Å². The van der Waals surface area contributed by atoms with Crippen molar-refractivity contribution in [1.82, 2.24) is 5.32 Å². The molecule has 0 amide bonds. The summed E-state index contributed by atoms with van der Waals surface area (Å²) in [6, 6.07) is 9.72. The van der Waals surface area contributed by atoms with Gasteiger partial charge < -0.3 is 5.32 Å². The molecule has 0 heterocycles. The summed E-state index contributed by atoms with van der Waals surface area (Å²) in [5.74, 6) is -2.03. The molecule has 0 aliphatic heterocycles. The van der Waals surface area contributed by atoms with Crippen LogP contribution in [0.1, 0.15) is 17.2 Å². The lowest BCUT2D eigenvalue weighted by atomic mass is 9.98. The highest BCUT2D eigenvalue weighted by Crippen LogP contribution is 2.22. The lowest BCUT2D eigenvalue weighted by Crippen LogP contribution is -2.20. The summed E-state index contributed by atoms with van der Waals surface area (Å²) in [5.41, 5.74) is 1.12. The van der Waals surface area contributed by atoms with Crippen molar-refractivity contribution in [1.29, 1.82) is 0 Å². The van der Waals surface area contributed by atoms with Crippen LogP contribution >= 0.6 is 0 Å². The predicted molar refractivity (Wildman–Crippen MR) is 68.3 cm³/mol. The van der Waals surface area contributed by atoms with E-state index in [4.69, 9.17) is 0 Å². The van der Waals surface area contributed by atoms with Gasteiger partial charge in [-0.25, -0.2) is 13.2 Å². The van der Waals surface area contributed by atoms with Crippen LogP contribution in [0, 0.1) is 17.5 Å². The molecule has 1 nitrogen and oxygen atoms in total. The zero-order valence-corrected chi connectivity index (χ0v) is 10.5. The number of benzene rings is 2. The number of likely N-dealkylation sites (N-methyl/N-ethyl adjacent to an activating group) is 1. The van der Waals surface area contributed by atoms with Crippen molar-refractivity contribution in [2.45, 2.75) is 12.5 Å². The van der Waals surface area contributed by atoms with Crippen LogP contribution in [0.25, 0.3) is 0 Å². The third kappa shape index (κ3) is 3.15. The topological polar surface area (TPSA) is 12.0 Å². The Morgan fingerprint density at radius 2 is 1.68 bits per heavy atom. The summed E-state index contributed by atoms with van der Waals surface area (Å²) >= 11 is 0. The van der Waals surface area contributed by atoms with E-state index in [9.17, 15) is 13.2 Å². The minimum absolute atomic E-state index is 0.270. The second-order valence-corrected chi connectivity index (χ2v) is 4.31. The molecule has 2 aromatic carbocycles. The van der Waals surface area contributed by atoms with Gasteiger partial charge in [0, 0.05) is 11.6 Å². The van der Waals surface area contributed by atoms with Crippen molar-refractivity contribution in [3.8, 4) is 0 Å². The monoisotopic (exact) mass is 265 g/mol. The Labute approximate surface area is 110 Å². The van der Waals surface area contributed by atoms with Gasteiger partial charge in [-0.3, -0.25) is 0 Å². The van der Waals surface area contributed by atoms with Gasteiger partial charge in [0.05, 0.1) is 0 Å². The Morgan fingerprint density at radius 1 is 1.00 bits per heavy atom. The van der Waals surface area contributed by atoms with E-state index >= 15 is 0 Å². The quantitative estimate of drug-likeness (QED) is 0.890. The molecule has 2 rings (SSSR count). The van der Waals surface area contributed by atoms with Crippen LogP contribution in [0.4, 0.5) is 13.2 Å². The molecule has 4 heteroatoms. The SMILES string of the molecule is CNC(Cc1ccc(F)cc1)c1cccc(F)c1F. The van der Waals surface area contributed by atoms with Crippen LogP contribution in [0.2, 0.25) is 0 Å². The summed E-state index contributed by atoms with van der Waals surface area (Å²) in [6.07, 6.45) is 0.456. The minimum Gasteiger partial charge on any atom is -0.313 e. The Balaban J connectivity index is 2.25. The second kappa shape index (κ2) is 5.89. The molecule has 1 atom stereocenters. The van der Waals surface area contributed by atoms with Gasteiger partial charge in [0.25, 0.3) is 0 Å². The van der Waals surface area contributed by atoms with Crippen molar-refractivity contribution in [2.24, 2.45) is 0 Å². The Hall–Kier alpha value is -1.81. The molecule has 19 heavy (non-hydrogen) atoms. The van der Waals surface area contributed by atoms with E-state index in [1.165, 1.54) is 18.2 Å². The summed E-state index contributed by atoms with van der Waals surface area (Å²) in [7, 11) is 1.68. The lowest BCUT2D eigenvalue weighted by Gasteiger charge is -2.17. The van der Waals surface area contributed by atoms with Gasteiger partial charge in [-0.15, -0.1) is 0 Å². The summed E-state index contributed by atoms with van der Waals surface area (Å²) in [5, 5.41) is 2.95. The minimum atomic E-state index is -0.864. The van der Waals surface area contributed by atoms with Gasteiger partial charge in [-0.05, 0) is 37.2 Å². The van der Waals surface area contributed by atoms with Crippen molar-refractivity contribution in [3.63, 3.8) is 0 Å². The summed E-state index contributed by atoms with van der Waals surface area (Å²) in [4.78, 5) is 0. The summed E-state index contributed by atoms with van der Waals surface area (Å²) in [6.45, 7) is 0. The Morgan fingerprint density at radius 3 is 2.32 bits per heavy atom. The van der Waals surface area contributed by atoms with E-state index in [0.717, 1.165) is 11.6 Å². The zero-order chi connectivity index (χ0) is 13.8. The third-order valence-electron chi connectivity index (χ3n) is 3.06. The standard InChI is InChI=1S/C15H14F3N/c1-19-14(9-10-5-7-11(16)8-6-10)12-3-2-4-13(17)15(12)18/h2-8,14,19H,9H2,1H3. The van der Waals surface area contributed by atoms with Crippen LogP contribution in [-0.2, 0) is 6.42 Å². The highest BCUT2D eigenvalue weighted by atomic mass is 19.2. The van der Waals surface area contributed by atoms with E-state index in [0.29, 0.717) is 6.42 Å². The highest BCUT2D eigenvalue weighted by molar-refractivity contribution is 5.26. The van der Waals surface area contributed by atoms with Gasteiger partial charge >= 0.3 is 0 Å². The smallest absolute Gasteiger partial charge is 0.163 e. The molecular weight excluding hydrogens is 251 g/mol. The lowest BCUT2D eigenvalue weighted by molar-refractivity contribution is 0.473. The van der Waals surface area contributed by atoms with E-state index in [1.54, 1.807) is 25.2 Å². The van der Waals surface area contributed by atoms with Crippen LogP contribution < -0.4 is 5.32 Å². The van der Waals surface area contributed by atoms with Crippen LogP contribution in [0.15, 0.2) is 42.5 Å². The molecule has 0 saturated carbocycles. The molecule has 2 aromatic rings. The van der Waals surface area contributed by atoms with Crippen molar-refractivity contribution >= 4 is 0 Å². The number of rotatable bonds is 4. The molecule has 0 spiro atoms. The summed E-state index contributed by atoms with van der Waals surface area (Å²) < 4.78 is 39.8. The van der Waals surface area contributed by atoms with Crippen LogP contribution in [0.5, 0.6) is 0 Å². The van der Waals surface area contributed by atoms with Gasteiger partial charge in [0.15, 0.2) is 11.6 Å². The van der Waals surface area contributed by atoms with E-state index in [2.05, 4.69) is 5.32 Å². The molecule has 0 aliphatic carbocycles. The molecule has 1 N–H and O–H groups in total. The molecule has 0 saturated heterocycles. The fourth-order valence-electron chi connectivity index (χ4n) is 2.01. The largest absolute Gasteiger partial charge is 0.313 e. The molecule has 1 unspecified atom stereocenters.